The number of hydrogen-bond donors (Lipinski definition) is 2. The van der Waals surface area contributed by atoms with Crippen LogP contribution in [0.15, 0.2) is 18.2 Å². The van der Waals surface area contributed by atoms with Crippen molar-refractivity contribution < 1.29 is 27.9 Å². The first-order valence-electron chi connectivity index (χ1n) is 7.15. The normalized spacial score (nSPS) is 16.3. The largest absolute Gasteiger partial charge is 0.481 e. The first-order chi connectivity index (χ1) is 10.7. The highest BCUT2D eigenvalue weighted by Crippen LogP contribution is 2.36. The number of halogens is 3. The molecule has 0 aliphatic carbocycles. The Morgan fingerprint density at radius 3 is 2.35 bits per heavy atom. The molecule has 0 aromatic heterocycles. The fraction of sp³-hybridized carbons (Fsp3) is 0.467. The number of aliphatic carboxylic acids is 1. The van der Waals surface area contributed by atoms with Crippen LogP contribution >= 0.6 is 0 Å². The fourth-order valence-corrected chi connectivity index (χ4v) is 2.65. The van der Waals surface area contributed by atoms with Gasteiger partial charge in [0.2, 0.25) is 5.91 Å². The van der Waals surface area contributed by atoms with Crippen LogP contribution in [0, 0.1) is 5.92 Å². The van der Waals surface area contributed by atoms with E-state index in [9.17, 15) is 22.8 Å². The van der Waals surface area contributed by atoms with Crippen LogP contribution in [0.1, 0.15) is 25.3 Å². The average molecular weight is 330 g/mol. The summed E-state index contributed by atoms with van der Waals surface area (Å²) in [5.41, 5.74) is -0.288. The second-order valence-corrected chi connectivity index (χ2v) is 5.51. The van der Waals surface area contributed by atoms with Crippen molar-refractivity contribution in [1.82, 2.24) is 0 Å². The number of benzene rings is 1. The van der Waals surface area contributed by atoms with Gasteiger partial charge in [0.1, 0.15) is 0 Å². The van der Waals surface area contributed by atoms with Crippen molar-refractivity contribution in [3.63, 3.8) is 0 Å². The van der Waals surface area contributed by atoms with Gasteiger partial charge >= 0.3 is 12.1 Å². The predicted molar refractivity (Wildman–Crippen MR) is 78.3 cm³/mol. The van der Waals surface area contributed by atoms with E-state index < -0.39 is 29.5 Å². The van der Waals surface area contributed by atoms with Crippen molar-refractivity contribution in [3.05, 3.63) is 23.8 Å². The van der Waals surface area contributed by atoms with Gasteiger partial charge in [0.15, 0.2) is 0 Å². The molecule has 5 nitrogen and oxygen atoms in total. The molecule has 1 aromatic carbocycles. The summed E-state index contributed by atoms with van der Waals surface area (Å²) < 4.78 is 38.5. The summed E-state index contributed by atoms with van der Waals surface area (Å²) in [5, 5.41) is 11.4. The number of carboxylic acids is 1. The molecule has 1 heterocycles. The van der Waals surface area contributed by atoms with Gasteiger partial charge in [0.25, 0.3) is 0 Å². The summed E-state index contributed by atoms with van der Waals surface area (Å²) >= 11 is 0. The third-order valence-electron chi connectivity index (χ3n) is 3.82. The lowest BCUT2D eigenvalue weighted by Gasteiger charge is -2.33. The molecule has 0 spiro atoms. The topological polar surface area (TPSA) is 69.6 Å². The van der Waals surface area contributed by atoms with Crippen LogP contribution < -0.4 is 10.2 Å². The van der Waals surface area contributed by atoms with Crippen molar-refractivity contribution >= 4 is 23.3 Å². The van der Waals surface area contributed by atoms with E-state index in [1.807, 2.05) is 0 Å². The van der Waals surface area contributed by atoms with Gasteiger partial charge < -0.3 is 15.3 Å². The second kappa shape index (κ2) is 6.47. The smallest absolute Gasteiger partial charge is 0.416 e. The van der Waals surface area contributed by atoms with Gasteiger partial charge in [-0.05, 0) is 31.0 Å². The molecule has 1 aliphatic rings. The number of carboxylic acid groups (broad SMARTS) is 1. The lowest BCUT2D eigenvalue weighted by molar-refractivity contribution is -0.142. The molecule has 23 heavy (non-hydrogen) atoms. The van der Waals surface area contributed by atoms with Gasteiger partial charge in [-0.25, -0.2) is 0 Å². The molecule has 1 amide bonds. The van der Waals surface area contributed by atoms with Crippen LogP contribution in [0.2, 0.25) is 0 Å². The Bertz CT molecular complexity index is 608. The maximum absolute atomic E-state index is 12.8. The van der Waals surface area contributed by atoms with E-state index >= 15 is 0 Å². The number of hydrogen-bond acceptors (Lipinski definition) is 3. The first-order valence-corrected chi connectivity index (χ1v) is 7.15. The summed E-state index contributed by atoms with van der Waals surface area (Å²) in [6.07, 6.45) is -3.67. The number of carbonyl (C=O) groups is 2. The van der Waals surface area contributed by atoms with Gasteiger partial charge in [-0.3, -0.25) is 9.59 Å². The van der Waals surface area contributed by atoms with E-state index in [4.69, 9.17) is 5.11 Å². The van der Waals surface area contributed by atoms with Gasteiger partial charge in [0, 0.05) is 20.0 Å². The number of anilines is 2. The van der Waals surface area contributed by atoms with E-state index in [-0.39, 0.29) is 5.69 Å². The standard InChI is InChI=1S/C15H17F3N2O3/c1-9(21)19-12-8-11(15(16,17)18)2-3-13(12)20-6-4-10(5-7-20)14(22)23/h2-3,8,10H,4-7H2,1H3,(H,19,21)(H,22,23). The Morgan fingerprint density at radius 2 is 1.87 bits per heavy atom. The molecular formula is C15H17F3N2O3. The monoisotopic (exact) mass is 330 g/mol. The average Bonchev–Trinajstić information content (AvgIpc) is 2.45. The molecule has 1 aliphatic heterocycles. The zero-order valence-electron chi connectivity index (χ0n) is 12.5. The summed E-state index contributed by atoms with van der Waals surface area (Å²) in [7, 11) is 0. The third kappa shape index (κ3) is 4.14. The quantitative estimate of drug-likeness (QED) is 0.894. The summed E-state index contributed by atoms with van der Waals surface area (Å²) in [6.45, 7) is 2.05. The van der Waals surface area contributed by atoms with Crippen LogP contribution in [0.5, 0.6) is 0 Å². The minimum absolute atomic E-state index is 0.0844. The molecule has 2 rings (SSSR count). The van der Waals surface area contributed by atoms with Crippen LogP contribution in [0.25, 0.3) is 0 Å². The molecule has 2 N–H and O–H groups in total. The molecule has 1 fully saturated rings. The molecule has 0 unspecified atom stereocenters. The SMILES string of the molecule is CC(=O)Nc1cc(C(F)(F)F)ccc1N1CCC(C(=O)O)CC1. The third-order valence-corrected chi connectivity index (χ3v) is 3.82. The molecule has 0 bridgehead atoms. The van der Waals surface area contributed by atoms with Crippen molar-refractivity contribution in [2.24, 2.45) is 5.92 Å². The number of carbonyl (C=O) groups excluding carboxylic acids is 1. The van der Waals surface area contributed by atoms with Crippen LogP contribution in [0.4, 0.5) is 24.5 Å². The number of rotatable bonds is 3. The van der Waals surface area contributed by atoms with Crippen molar-refractivity contribution in [2.75, 3.05) is 23.3 Å². The molecule has 0 atom stereocenters. The number of nitrogens with one attached hydrogen (secondary N) is 1. The first kappa shape index (κ1) is 17.1. The van der Waals surface area contributed by atoms with Crippen molar-refractivity contribution in [3.8, 4) is 0 Å². The van der Waals surface area contributed by atoms with Gasteiger partial charge in [-0.2, -0.15) is 13.2 Å². The Labute approximate surface area is 131 Å². The summed E-state index contributed by atoms with van der Waals surface area (Å²) in [5.74, 6) is -1.77. The molecule has 1 saturated heterocycles. The molecule has 0 radical (unpaired) electrons. The lowest BCUT2D eigenvalue weighted by Crippen LogP contribution is -2.36. The maximum Gasteiger partial charge on any atom is 0.416 e. The Balaban J connectivity index is 2.27. The highest BCUT2D eigenvalue weighted by Gasteiger charge is 2.32. The fourth-order valence-electron chi connectivity index (χ4n) is 2.65. The van der Waals surface area contributed by atoms with E-state index in [0.29, 0.717) is 31.6 Å². The van der Waals surface area contributed by atoms with E-state index in [1.54, 1.807) is 4.90 Å². The number of piperidine rings is 1. The molecule has 0 saturated carbocycles. The minimum atomic E-state index is -4.50. The minimum Gasteiger partial charge on any atom is -0.481 e. The Kier molecular flexibility index (Phi) is 4.82. The number of alkyl halides is 3. The predicted octanol–water partition coefficient (Wildman–Crippen LogP) is 2.96. The van der Waals surface area contributed by atoms with Crippen molar-refractivity contribution in [1.29, 1.82) is 0 Å². The highest BCUT2D eigenvalue weighted by atomic mass is 19.4. The van der Waals surface area contributed by atoms with Crippen LogP contribution in [0.3, 0.4) is 0 Å². The highest BCUT2D eigenvalue weighted by molar-refractivity contribution is 5.93. The second-order valence-electron chi connectivity index (χ2n) is 5.51. The van der Waals surface area contributed by atoms with Gasteiger partial charge in [-0.15, -0.1) is 0 Å². The Morgan fingerprint density at radius 1 is 1.26 bits per heavy atom. The van der Waals surface area contributed by atoms with Crippen molar-refractivity contribution in [2.45, 2.75) is 25.9 Å². The van der Waals surface area contributed by atoms with Gasteiger partial charge in [-0.1, -0.05) is 0 Å². The lowest BCUT2D eigenvalue weighted by atomic mass is 9.96. The molecule has 8 heteroatoms. The number of amides is 1. The van der Waals surface area contributed by atoms with Crippen LogP contribution in [-0.2, 0) is 15.8 Å². The van der Waals surface area contributed by atoms with Gasteiger partial charge in [0.05, 0.1) is 22.9 Å². The summed E-state index contributed by atoms with van der Waals surface area (Å²) in [4.78, 5) is 24.0. The molecule has 126 valence electrons. The molecule has 1 aromatic rings. The zero-order chi connectivity index (χ0) is 17.2. The van der Waals surface area contributed by atoms with E-state index in [2.05, 4.69) is 5.32 Å². The maximum atomic E-state index is 12.8. The van der Waals surface area contributed by atoms with E-state index in [1.165, 1.54) is 13.0 Å². The molecular weight excluding hydrogens is 313 g/mol. The summed E-state index contributed by atoms with van der Waals surface area (Å²) in [6, 6.07) is 3.18. The number of nitrogens with zero attached hydrogens (tertiary/aromatic N) is 1. The van der Waals surface area contributed by atoms with E-state index in [0.717, 1.165) is 12.1 Å². The van der Waals surface area contributed by atoms with Crippen LogP contribution in [-0.4, -0.2) is 30.1 Å². The zero-order valence-corrected chi connectivity index (χ0v) is 12.5. The Hall–Kier alpha value is -2.25.